The van der Waals surface area contributed by atoms with Gasteiger partial charge in [0.2, 0.25) is 0 Å². The van der Waals surface area contributed by atoms with Crippen LogP contribution in [0.5, 0.6) is 0 Å². The van der Waals surface area contributed by atoms with Crippen LogP contribution in [0, 0.1) is 6.92 Å². The summed E-state index contributed by atoms with van der Waals surface area (Å²) in [4.78, 5) is 11.1. The first-order valence-electron chi connectivity index (χ1n) is 4.60. The van der Waals surface area contributed by atoms with Crippen LogP contribution in [-0.4, -0.2) is 15.8 Å². The van der Waals surface area contributed by atoms with Crippen LogP contribution in [-0.2, 0) is 4.79 Å². The molecule has 2 rings (SSSR count). The minimum Gasteiger partial charge on any atom is -0.480 e. The van der Waals surface area contributed by atoms with Gasteiger partial charge in [-0.3, -0.25) is 4.79 Å². The monoisotopic (exact) mass is 228 g/mol. The summed E-state index contributed by atoms with van der Waals surface area (Å²) in [5.74, 6) is -0.651. The molecule has 0 amide bonds. The van der Waals surface area contributed by atoms with Gasteiger partial charge in [-0.05, 0) is 43.2 Å². The van der Waals surface area contributed by atoms with Gasteiger partial charge in [-0.2, -0.15) is 0 Å². The maximum Gasteiger partial charge on any atom is 0.320 e. The summed E-state index contributed by atoms with van der Waals surface area (Å²) in [5, 5.41) is 11.2. The van der Waals surface area contributed by atoms with E-state index >= 15 is 0 Å². The third kappa shape index (κ3) is 1.57. The topological polar surface area (TPSA) is 37.3 Å². The Hall–Kier alpha value is -0.480. The van der Waals surface area contributed by atoms with Gasteiger partial charge >= 0.3 is 5.97 Å². The number of thiophene rings is 1. The summed E-state index contributed by atoms with van der Waals surface area (Å²) in [7, 11) is 0. The second-order valence-corrected chi connectivity index (χ2v) is 6.21. The molecular weight excluding hydrogens is 216 g/mol. The van der Waals surface area contributed by atoms with E-state index < -0.39 is 10.7 Å². The summed E-state index contributed by atoms with van der Waals surface area (Å²) in [5.41, 5.74) is 1.20. The van der Waals surface area contributed by atoms with E-state index in [9.17, 15) is 4.79 Å². The molecule has 76 valence electrons. The molecule has 1 aliphatic rings. The molecule has 0 saturated heterocycles. The number of hydrogen-bond donors (Lipinski definition) is 1. The quantitative estimate of drug-likeness (QED) is 0.863. The number of hydrogen-bond acceptors (Lipinski definition) is 3. The van der Waals surface area contributed by atoms with Gasteiger partial charge in [0, 0.05) is 0 Å². The highest BCUT2D eigenvalue weighted by Crippen LogP contribution is 2.49. The Balaban J connectivity index is 2.17. The van der Waals surface area contributed by atoms with Gasteiger partial charge in [0.15, 0.2) is 0 Å². The first kappa shape index (κ1) is 10.1. The zero-order chi connectivity index (χ0) is 10.2. The first-order valence-corrected chi connectivity index (χ1v) is 6.30. The predicted octanol–water partition coefficient (Wildman–Crippen LogP) is 3.16. The number of carboxylic acid groups (broad SMARTS) is 1. The van der Waals surface area contributed by atoms with Gasteiger partial charge < -0.3 is 5.11 Å². The molecule has 0 atom stereocenters. The Morgan fingerprint density at radius 2 is 2.36 bits per heavy atom. The number of carboxylic acids is 1. The lowest BCUT2D eigenvalue weighted by molar-refractivity contribution is -0.142. The Morgan fingerprint density at radius 3 is 2.71 bits per heavy atom. The maximum atomic E-state index is 11.1. The van der Waals surface area contributed by atoms with Crippen LogP contribution in [0.15, 0.2) is 15.7 Å². The molecule has 0 unspecified atom stereocenters. The molecule has 0 spiro atoms. The minimum atomic E-state index is -0.651. The summed E-state index contributed by atoms with van der Waals surface area (Å²) in [6.45, 7) is 2.03. The smallest absolute Gasteiger partial charge is 0.320 e. The lowest BCUT2D eigenvalue weighted by Crippen LogP contribution is -2.41. The van der Waals surface area contributed by atoms with E-state index in [1.165, 1.54) is 17.3 Å². The molecule has 1 fully saturated rings. The van der Waals surface area contributed by atoms with Crippen LogP contribution >= 0.6 is 23.1 Å². The molecule has 0 radical (unpaired) electrons. The number of carbonyl (C=O) groups is 1. The van der Waals surface area contributed by atoms with E-state index in [-0.39, 0.29) is 0 Å². The highest BCUT2D eigenvalue weighted by molar-refractivity contribution is 8.03. The van der Waals surface area contributed by atoms with Crippen molar-refractivity contribution in [1.82, 2.24) is 0 Å². The zero-order valence-electron chi connectivity index (χ0n) is 7.95. The minimum absolute atomic E-state index is 0.518. The molecule has 1 saturated carbocycles. The largest absolute Gasteiger partial charge is 0.480 e. The van der Waals surface area contributed by atoms with Gasteiger partial charge in [-0.25, -0.2) is 0 Å². The van der Waals surface area contributed by atoms with Gasteiger partial charge in [0.25, 0.3) is 0 Å². The predicted molar refractivity (Wildman–Crippen MR) is 59.1 cm³/mol. The second kappa shape index (κ2) is 3.59. The van der Waals surface area contributed by atoms with Crippen LogP contribution in [0.25, 0.3) is 0 Å². The molecular formula is C10H12O2S2. The fourth-order valence-corrected chi connectivity index (χ4v) is 4.15. The molecule has 4 heteroatoms. The molecule has 14 heavy (non-hydrogen) atoms. The Bertz CT molecular complexity index is 353. The average Bonchev–Trinajstić information content (AvgIpc) is 2.43. The van der Waals surface area contributed by atoms with Gasteiger partial charge in [-0.15, -0.1) is 11.3 Å². The second-order valence-electron chi connectivity index (χ2n) is 3.65. The van der Waals surface area contributed by atoms with Crippen LogP contribution in [0.2, 0.25) is 0 Å². The van der Waals surface area contributed by atoms with E-state index in [0.29, 0.717) is 0 Å². The van der Waals surface area contributed by atoms with Gasteiger partial charge in [-0.1, -0.05) is 11.8 Å². The fourth-order valence-electron chi connectivity index (χ4n) is 1.50. The molecule has 1 aromatic rings. The number of aryl methyl sites for hydroxylation is 1. The maximum absolute atomic E-state index is 11.1. The van der Waals surface area contributed by atoms with Crippen molar-refractivity contribution in [1.29, 1.82) is 0 Å². The third-order valence-corrected chi connectivity index (χ3v) is 5.48. The van der Waals surface area contributed by atoms with Crippen LogP contribution in [0.1, 0.15) is 24.8 Å². The van der Waals surface area contributed by atoms with Crippen molar-refractivity contribution in [3.63, 3.8) is 0 Å². The summed E-state index contributed by atoms with van der Waals surface area (Å²) >= 11 is 3.18. The standard InChI is InChI=1S/C10H12O2S2/c1-7-3-6-13-8(7)14-10(9(11)12)4-2-5-10/h3,6H,2,4-5H2,1H3,(H,11,12). The van der Waals surface area contributed by atoms with Crippen molar-refractivity contribution >= 4 is 29.1 Å². The van der Waals surface area contributed by atoms with Gasteiger partial charge in [0.1, 0.15) is 4.75 Å². The number of thioether (sulfide) groups is 1. The van der Waals surface area contributed by atoms with Crippen LogP contribution < -0.4 is 0 Å². The third-order valence-electron chi connectivity index (χ3n) is 2.65. The van der Waals surface area contributed by atoms with Crippen molar-refractivity contribution in [3.05, 3.63) is 17.0 Å². The number of rotatable bonds is 3. The number of aliphatic carboxylic acids is 1. The van der Waals surface area contributed by atoms with E-state index in [2.05, 4.69) is 0 Å². The van der Waals surface area contributed by atoms with Gasteiger partial charge in [0.05, 0.1) is 4.21 Å². The fraction of sp³-hybridized carbons (Fsp3) is 0.500. The molecule has 1 aliphatic carbocycles. The lowest BCUT2D eigenvalue weighted by atomic mass is 9.84. The van der Waals surface area contributed by atoms with E-state index in [1.807, 2.05) is 18.4 Å². The van der Waals surface area contributed by atoms with Crippen molar-refractivity contribution in [2.24, 2.45) is 0 Å². The molecule has 1 aromatic heterocycles. The molecule has 2 nitrogen and oxygen atoms in total. The molecule has 0 aliphatic heterocycles. The van der Waals surface area contributed by atoms with Crippen molar-refractivity contribution in [3.8, 4) is 0 Å². The van der Waals surface area contributed by atoms with E-state index in [1.54, 1.807) is 11.3 Å². The first-order chi connectivity index (χ1) is 6.64. The Kier molecular flexibility index (Phi) is 2.58. The SMILES string of the molecule is Cc1ccsc1SC1(C(=O)O)CCC1. The molecule has 0 bridgehead atoms. The Morgan fingerprint density at radius 1 is 1.64 bits per heavy atom. The average molecular weight is 228 g/mol. The highest BCUT2D eigenvalue weighted by atomic mass is 32.2. The highest BCUT2D eigenvalue weighted by Gasteiger charge is 2.45. The van der Waals surface area contributed by atoms with Crippen LogP contribution in [0.4, 0.5) is 0 Å². The molecule has 0 aromatic carbocycles. The van der Waals surface area contributed by atoms with Crippen molar-refractivity contribution < 1.29 is 9.90 Å². The van der Waals surface area contributed by atoms with Crippen molar-refractivity contribution in [2.75, 3.05) is 0 Å². The van der Waals surface area contributed by atoms with E-state index in [4.69, 9.17) is 5.11 Å². The lowest BCUT2D eigenvalue weighted by Gasteiger charge is -2.36. The molecule has 1 N–H and O–H groups in total. The normalized spacial score (nSPS) is 18.9. The van der Waals surface area contributed by atoms with Crippen LogP contribution in [0.3, 0.4) is 0 Å². The van der Waals surface area contributed by atoms with Crippen molar-refractivity contribution in [2.45, 2.75) is 35.1 Å². The summed E-state index contributed by atoms with van der Waals surface area (Å²) in [6.07, 6.45) is 2.67. The summed E-state index contributed by atoms with van der Waals surface area (Å²) in [6, 6.07) is 2.04. The zero-order valence-corrected chi connectivity index (χ0v) is 9.58. The van der Waals surface area contributed by atoms with E-state index in [0.717, 1.165) is 23.5 Å². The summed E-state index contributed by atoms with van der Waals surface area (Å²) < 4.78 is 0.641. The Labute approximate surface area is 91.3 Å². The molecule has 1 heterocycles.